The lowest BCUT2D eigenvalue weighted by Gasteiger charge is -2.07. The maximum atomic E-state index is 5.20. The van der Waals surface area contributed by atoms with E-state index in [1.165, 1.54) is 0 Å². The highest BCUT2D eigenvalue weighted by molar-refractivity contribution is 5.73. The molecule has 1 aromatic carbocycles. The lowest BCUT2D eigenvalue weighted by molar-refractivity contribution is 0.414. The minimum atomic E-state index is 0.717. The summed E-state index contributed by atoms with van der Waals surface area (Å²) < 4.78 is 5.20. The highest BCUT2D eigenvalue weighted by atomic mass is 16.5. The monoisotopic (exact) mass is 254 g/mol. The van der Waals surface area contributed by atoms with E-state index in [0.29, 0.717) is 0 Å². The van der Waals surface area contributed by atoms with Gasteiger partial charge in [0.05, 0.1) is 25.3 Å². The molecule has 19 heavy (non-hydrogen) atoms. The number of H-pyrrole nitrogens is 1. The first kappa shape index (κ1) is 11.5. The maximum Gasteiger partial charge on any atom is 0.157 e. The second-order valence-electron chi connectivity index (χ2n) is 4.20. The van der Waals surface area contributed by atoms with Gasteiger partial charge in [-0.15, -0.1) is 0 Å². The van der Waals surface area contributed by atoms with Crippen LogP contribution in [0.25, 0.3) is 11.2 Å². The highest BCUT2D eigenvalue weighted by Crippen LogP contribution is 2.16. The van der Waals surface area contributed by atoms with E-state index >= 15 is 0 Å². The molecular weight excluding hydrogens is 240 g/mol. The minimum absolute atomic E-state index is 0.717. The lowest BCUT2D eigenvalue weighted by Crippen LogP contribution is -2.00. The fraction of sp³-hybridized carbons (Fsp3) is 0.143. The van der Waals surface area contributed by atoms with Crippen molar-refractivity contribution in [2.75, 3.05) is 12.4 Å². The summed E-state index contributed by atoms with van der Waals surface area (Å²) in [4.78, 5) is 11.4. The fourth-order valence-electron chi connectivity index (χ4n) is 1.91. The molecule has 0 saturated carbocycles. The molecule has 96 valence electrons. The predicted octanol–water partition coefficient (Wildman–Crippen LogP) is 2.58. The molecule has 0 aliphatic heterocycles. The molecule has 0 bridgehead atoms. The van der Waals surface area contributed by atoms with Crippen LogP contribution in [-0.4, -0.2) is 22.1 Å². The van der Waals surface area contributed by atoms with Gasteiger partial charge >= 0.3 is 0 Å². The zero-order chi connectivity index (χ0) is 13.1. The van der Waals surface area contributed by atoms with Crippen LogP contribution in [-0.2, 0) is 6.54 Å². The van der Waals surface area contributed by atoms with Crippen LogP contribution in [0.3, 0.4) is 0 Å². The van der Waals surface area contributed by atoms with Crippen LogP contribution in [0, 0.1) is 0 Å². The summed E-state index contributed by atoms with van der Waals surface area (Å²) in [7, 11) is 1.67. The number of imidazole rings is 1. The Hall–Kier alpha value is -2.56. The van der Waals surface area contributed by atoms with E-state index in [1.807, 2.05) is 24.3 Å². The van der Waals surface area contributed by atoms with Gasteiger partial charge < -0.3 is 15.0 Å². The van der Waals surface area contributed by atoms with Crippen LogP contribution in [0.2, 0.25) is 0 Å². The molecule has 5 heteroatoms. The Balaban J connectivity index is 1.74. The van der Waals surface area contributed by atoms with Gasteiger partial charge in [-0.2, -0.15) is 0 Å². The summed E-state index contributed by atoms with van der Waals surface area (Å²) in [6.45, 7) is 0.717. The van der Waals surface area contributed by atoms with Gasteiger partial charge in [-0.3, -0.25) is 0 Å². The molecule has 0 radical (unpaired) electrons. The van der Waals surface area contributed by atoms with Crippen LogP contribution in [0.5, 0.6) is 5.75 Å². The highest BCUT2D eigenvalue weighted by Gasteiger charge is 2.00. The number of pyridine rings is 1. The fourth-order valence-corrected chi connectivity index (χ4v) is 1.91. The summed E-state index contributed by atoms with van der Waals surface area (Å²) in [5.74, 6) is 0.861. The average Bonchev–Trinajstić information content (AvgIpc) is 2.93. The van der Waals surface area contributed by atoms with Crippen LogP contribution in [0.1, 0.15) is 5.56 Å². The first-order chi connectivity index (χ1) is 9.35. The Kier molecular flexibility index (Phi) is 3.02. The topological polar surface area (TPSA) is 62.8 Å². The van der Waals surface area contributed by atoms with E-state index in [-0.39, 0.29) is 0 Å². The molecule has 0 atom stereocenters. The van der Waals surface area contributed by atoms with E-state index in [1.54, 1.807) is 19.6 Å². The van der Waals surface area contributed by atoms with Gasteiger partial charge in [-0.05, 0) is 23.8 Å². The second-order valence-corrected chi connectivity index (χ2v) is 4.20. The first-order valence-corrected chi connectivity index (χ1v) is 6.01. The molecular formula is C14H14N4O. The second kappa shape index (κ2) is 4.97. The zero-order valence-corrected chi connectivity index (χ0v) is 10.6. The number of aromatic amines is 1. The van der Waals surface area contributed by atoms with Crippen molar-refractivity contribution in [1.29, 1.82) is 0 Å². The molecule has 2 N–H and O–H groups in total. The first-order valence-electron chi connectivity index (χ1n) is 6.01. The van der Waals surface area contributed by atoms with Crippen molar-refractivity contribution in [2.45, 2.75) is 6.54 Å². The summed E-state index contributed by atoms with van der Waals surface area (Å²) in [6, 6.07) is 9.94. The summed E-state index contributed by atoms with van der Waals surface area (Å²) in [5.41, 5.74) is 3.76. The lowest BCUT2D eigenvalue weighted by atomic mass is 10.2. The van der Waals surface area contributed by atoms with Gasteiger partial charge in [0.2, 0.25) is 0 Å². The third-order valence-electron chi connectivity index (χ3n) is 2.90. The smallest absolute Gasteiger partial charge is 0.157 e. The number of ether oxygens (including phenoxy) is 1. The third-order valence-corrected chi connectivity index (χ3v) is 2.90. The van der Waals surface area contributed by atoms with Crippen LogP contribution in [0.4, 0.5) is 5.69 Å². The molecule has 0 amide bonds. The van der Waals surface area contributed by atoms with E-state index in [9.17, 15) is 0 Å². The van der Waals surface area contributed by atoms with Crippen LogP contribution < -0.4 is 10.1 Å². The molecule has 0 unspecified atom stereocenters. The molecule has 2 aromatic heterocycles. The number of anilines is 1. The van der Waals surface area contributed by atoms with E-state index in [0.717, 1.165) is 34.7 Å². The number of aromatic nitrogens is 3. The number of hydrogen-bond acceptors (Lipinski definition) is 4. The Labute approximate surface area is 110 Å². The zero-order valence-electron chi connectivity index (χ0n) is 10.6. The van der Waals surface area contributed by atoms with E-state index in [2.05, 4.69) is 26.3 Å². The molecule has 0 aliphatic carbocycles. The van der Waals surface area contributed by atoms with Crippen molar-refractivity contribution < 1.29 is 4.74 Å². The van der Waals surface area contributed by atoms with Crippen molar-refractivity contribution >= 4 is 16.9 Å². The van der Waals surface area contributed by atoms with Gasteiger partial charge in [-0.25, -0.2) is 9.97 Å². The van der Waals surface area contributed by atoms with Crippen molar-refractivity contribution in [1.82, 2.24) is 15.0 Å². The van der Waals surface area contributed by atoms with Gasteiger partial charge in [0.25, 0.3) is 0 Å². The SMILES string of the molecule is COc1cccc(CNc2cnc3[nH]cnc3c2)c1. The molecule has 5 nitrogen and oxygen atoms in total. The number of benzene rings is 1. The number of rotatable bonds is 4. The van der Waals surface area contributed by atoms with Gasteiger partial charge in [-0.1, -0.05) is 12.1 Å². The van der Waals surface area contributed by atoms with Crippen molar-refractivity contribution in [3.8, 4) is 5.75 Å². The Bertz CT molecular complexity index is 692. The van der Waals surface area contributed by atoms with Gasteiger partial charge in [0.15, 0.2) is 5.65 Å². The largest absolute Gasteiger partial charge is 0.497 e. The van der Waals surface area contributed by atoms with Gasteiger partial charge in [0.1, 0.15) is 11.3 Å². The number of nitrogens with one attached hydrogen (secondary N) is 2. The van der Waals surface area contributed by atoms with Crippen molar-refractivity contribution in [3.05, 3.63) is 48.4 Å². The molecule has 0 saturated heterocycles. The Morgan fingerprint density at radius 2 is 2.21 bits per heavy atom. The van der Waals surface area contributed by atoms with Crippen molar-refractivity contribution in [2.24, 2.45) is 0 Å². The normalized spacial score (nSPS) is 10.6. The number of methoxy groups -OCH3 is 1. The average molecular weight is 254 g/mol. The van der Waals surface area contributed by atoms with Crippen LogP contribution >= 0.6 is 0 Å². The quantitative estimate of drug-likeness (QED) is 0.751. The maximum absolute atomic E-state index is 5.20. The van der Waals surface area contributed by atoms with E-state index < -0.39 is 0 Å². The number of nitrogens with zero attached hydrogens (tertiary/aromatic N) is 2. The molecule has 2 heterocycles. The summed E-state index contributed by atoms with van der Waals surface area (Å²) in [6.07, 6.45) is 3.43. The predicted molar refractivity (Wildman–Crippen MR) is 74.2 cm³/mol. The molecule has 0 aliphatic rings. The number of hydrogen-bond donors (Lipinski definition) is 2. The minimum Gasteiger partial charge on any atom is -0.497 e. The molecule has 0 fully saturated rings. The third kappa shape index (κ3) is 2.49. The Morgan fingerprint density at radius 3 is 3.11 bits per heavy atom. The van der Waals surface area contributed by atoms with Crippen molar-refractivity contribution in [3.63, 3.8) is 0 Å². The number of fused-ring (bicyclic) bond motifs is 1. The van der Waals surface area contributed by atoms with Crippen LogP contribution in [0.15, 0.2) is 42.9 Å². The molecule has 0 spiro atoms. The molecule has 3 aromatic rings. The molecule has 3 rings (SSSR count). The van der Waals surface area contributed by atoms with Gasteiger partial charge in [0, 0.05) is 6.54 Å². The summed E-state index contributed by atoms with van der Waals surface area (Å²) in [5, 5.41) is 3.32. The standard InChI is InChI=1S/C14H14N4O/c1-19-12-4-2-3-10(5-12)7-15-11-6-13-14(16-8-11)18-9-17-13/h2-6,8-9,15H,7H2,1H3,(H,16,17,18). The summed E-state index contributed by atoms with van der Waals surface area (Å²) >= 11 is 0. The Morgan fingerprint density at radius 1 is 1.26 bits per heavy atom. The van der Waals surface area contributed by atoms with E-state index in [4.69, 9.17) is 4.74 Å².